The van der Waals surface area contributed by atoms with Crippen LogP contribution in [-0.2, 0) is 0 Å². The lowest BCUT2D eigenvalue weighted by Gasteiger charge is -2.10. The summed E-state index contributed by atoms with van der Waals surface area (Å²) in [5, 5.41) is 3.62. The van der Waals surface area contributed by atoms with Crippen LogP contribution in [0.1, 0.15) is 15.9 Å². The molecule has 0 bridgehead atoms. The third-order valence-electron chi connectivity index (χ3n) is 2.68. The molecule has 3 N–H and O–H groups in total. The molecule has 108 valence electrons. The van der Waals surface area contributed by atoms with Crippen LogP contribution in [0.3, 0.4) is 0 Å². The summed E-state index contributed by atoms with van der Waals surface area (Å²) in [6, 6.07) is 9.86. The lowest BCUT2D eigenvalue weighted by molar-refractivity contribution is 0.102. The van der Waals surface area contributed by atoms with Gasteiger partial charge in [0.15, 0.2) is 0 Å². The van der Waals surface area contributed by atoms with Crippen LogP contribution in [0.15, 0.2) is 40.9 Å². The van der Waals surface area contributed by atoms with E-state index in [1.165, 1.54) is 0 Å². The number of carbonyl (C=O) groups excluding carboxylic acids is 1. The van der Waals surface area contributed by atoms with Crippen LogP contribution in [-0.4, -0.2) is 10.9 Å². The van der Waals surface area contributed by atoms with E-state index >= 15 is 0 Å². The van der Waals surface area contributed by atoms with Gasteiger partial charge in [-0.25, -0.2) is 0 Å². The highest BCUT2D eigenvalue weighted by atomic mass is 79.9. The predicted molar refractivity (Wildman–Crippen MR) is 94.4 cm³/mol. The number of nitrogens with two attached hydrogens (primary N) is 1. The van der Waals surface area contributed by atoms with E-state index in [4.69, 9.17) is 41.2 Å². The van der Waals surface area contributed by atoms with Gasteiger partial charge in [0.1, 0.15) is 4.99 Å². The largest absolute Gasteiger partial charge is 0.389 e. The number of carbonyl (C=O) groups is 1. The Morgan fingerprint density at radius 2 is 1.90 bits per heavy atom. The summed E-state index contributed by atoms with van der Waals surface area (Å²) in [6.45, 7) is 0. The van der Waals surface area contributed by atoms with Crippen LogP contribution in [0.2, 0.25) is 10.0 Å². The molecule has 2 aromatic carbocycles. The summed E-state index contributed by atoms with van der Waals surface area (Å²) in [6.07, 6.45) is 0. The van der Waals surface area contributed by atoms with Crippen molar-refractivity contribution < 1.29 is 4.79 Å². The van der Waals surface area contributed by atoms with E-state index in [1.807, 2.05) is 0 Å². The Kier molecular flexibility index (Phi) is 5.22. The van der Waals surface area contributed by atoms with Gasteiger partial charge in [-0.3, -0.25) is 4.79 Å². The van der Waals surface area contributed by atoms with Crippen molar-refractivity contribution >= 4 is 67.9 Å². The minimum absolute atomic E-state index is 0.246. The fourth-order valence-corrected chi connectivity index (χ4v) is 2.85. The van der Waals surface area contributed by atoms with Crippen molar-refractivity contribution in [2.45, 2.75) is 0 Å². The summed E-state index contributed by atoms with van der Waals surface area (Å²) >= 11 is 20.1. The summed E-state index contributed by atoms with van der Waals surface area (Å²) in [5.41, 5.74) is 7.09. The molecule has 0 saturated heterocycles. The number of nitrogens with one attached hydrogen (secondary N) is 1. The second-order valence-electron chi connectivity index (χ2n) is 4.14. The second-order valence-corrected chi connectivity index (χ2v) is 6.27. The molecule has 0 atom stereocenters. The van der Waals surface area contributed by atoms with E-state index in [1.54, 1.807) is 36.4 Å². The van der Waals surface area contributed by atoms with Gasteiger partial charge in [-0.1, -0.05) is 35.4 Å². The highest BCUT2D eigenvalue weighted by Gasteiger charge is 2.12. The molecule has 1 amide bonds. The lowest BCUT2D eigenvalue weighted by Crippen LogP contribution is -2.14. The van der Waals surface area contributed by atoms with Crippen LogP contribution in [0.4, 0.5) is 5.69 Å². The van der Waals surface area contributed by atoms with E-state index in [9.17, 15) is 4.79 Å². The first-order valence-electron chi connectivity index (χ1n) is 5.74. The molecule has 3 nitrogen and oxygen atoms in total. The third kappa shape index (κ3) is 3.95. The van der Waals surface area contributed by atoms with Gasteiger partial charge in [-0.2, -0.15) is 0 Å². The van der Waals surface area contributed by atoms with Gasteiger partial charge in [0.2, 0.25) is 0 Å². The van der Waals surface area contributed by atoms with Gasteiger partial charge in [0.25, 0.3) is 5.91 Å². The van der Waals surface area contributed by atoms with Crippen LogP contribution < -0.4 is 11.1 Å². The summed E-state index contributed by atoms with van der Waals surface area (Å²) in [4.78, 5) is 12.5. The Bertz CT molecular complexity index is 737. The quantitative estimate of drug-likeness (QED) is 0.733. The topological polar surface area (TPSA) is 55.1 Å². The van der Waals surface area contributed by atoms with Crippen molar-refractivity contribution in [2.24, 2.45) is 5.73 Å². The molecule has 0 heterocycles. The van der Waals surface area contributed by atoms with Gasteiger partial charge in [0.05, 0.1) is 16.3 Å². The average Bonchev–Trinajstić information content (AvgIpc) is 2.40. The number of thiocarbonyl (C=S) groups is 1. The van der Waals surface area contributed by atoms with Gasteiger partial charge in [0, 0.05) is 15.1 Å². The molecular weight excluding hydrogens is 395 g/mol. The van der Waals surface area contributed by atoms with Crippen LogP contribution >= 0.6 is 51.3 Å². The minimum atomic E-state index is -0.302. The molecule has 2 rings (SSSR count). The molecule has 0 unspecified atom stereocenters. The zero-order valence-electron chi connectivity index (χ0n) is 10.5. The summed E-state index contributed by atoms with van der Waals surface area (Å²) in [5.74, 6) is -0.302. The van der Waals surface area contributed by atoms with E-state index in [2.05, 4.69) is 21.2 Å². The van der Waals surface area contributed by atoms with Crippen LogP contribution in [0.5, 0.6) is 0 Å². The first-order chi connectivity index (χ1) is 9.88. The number of benzene rings is 2. The fraction of sp³-hybridized carbons (Fsp3) is 0. The molecule has 0 aromatic heterocycles. The molecule has 2 aromatic rings. The molecule has 0 saturated carbocycles. The van der Waals surface area contributed by atoms with Crippen molar-refractivity contribution in [3.8, 4) is 0 Å². The normalized spacial score (nSPS) is 10.2. The highest BCUT2D eigenvalue weighted by Crippen LogP contribution is 2.26. The zero-order chi connectivity index (χ0) is 15.6. The minimum Gasteiger partial charge on any atom is -0.389 e. The molecule has 7 heteroatoms. The molecule has 21 heavy (non-hydrogen) atoms. The molecular formula is C14H9BrCl2N2OS. The highest BCUT2D eigenvalue weighted by molar-refractivity contribution is 9.10. The number of amides is 1. The van der Waals surface area contributed by atoms with Crippen molar-refractivity contribution in [3.63, 3.8) is 0 Å². The average molecular weight is 404 g/mol. The monoisotopic (exact) mass is 402 g/mol. The van der Waals surface area contributed by atoms with Crippen molar-refractivity contribution in [3.05, 3.63) is 62.0 Å². The Morgan fingerprint density at radius 1 is 1.19 bits per heavy atom. The molecule has 0 aliphatic rings. The van der Waals surface area contributed by atoms with Crippen molar-refractivity contribution in [1.29, 1.82) is 0 Å². The smallest absolute Gasteiger partial charge is 0.256 e. The Balaban J connectivity index is 2.25. The molecule has 0 aliphatic carbocycles. The van der Waals surface area contributed by atoms with Gasteiger partial charge >= 0.3 is 0 Å². The Morgan fingerprint density at radius 3 is 2.48 bits per heavy atom. The van der Waals surface area contributed by atoms with Gasteiger partial charge < -0.3 is 11.1 Å². The Labute approximate surface area is 145 Å². The fourth-order valence-electron chi connectivity index (χ4n) is 1.63. The molecule has 0 aliphatic heterocycles. The third-order valence-corrected chi connectivity index (χ3v) is 4.12. The number of halogens is 3. The van der Waals surface area contributed by atoms with Crippen LogP contribution in [0.25, 0.3) is 0 Å². The van der Waals surface area contributed by atoms with Crippen molar-refractivity contribution in [1.82, 2.24) is 0 Å². The first-order valence-corrected chi connectivity index (χ1v) is 7.70. The van der Waals surface area contributed by atoms with E-state index in [0.717, 1.165) is 0 Å². The first kappa shape index (κ1) is 16.2. The summed E-state index contributed by atoms with van der Waals surface area (Å²) in [7, 11) is 0. The summed E-state index contributed by atoms with van der Waals surface area (Å²) < 4.78 is 0.600. The number of hydrogen-bond acceptors (Lipinski definition) is 2. The maximum atomic E-state index is 12.2. The van der Waals surface area contributed by atoms with E-state index in [-0.39, 0.29) is 10.9 Å². The number of anilines is 1. The van der Waals surface area contributed by atoms with Crippen molar-refractivity contribution in [2.75, 3.05) is 5.32 Å². The van der Waals surface area contributed by atoms with Crippen LogP contribution in [0, 0.1) is 0 Å². The van der Waals surface area contributed by atoms with E-state index in [0.29, 0.717) is 31.3 Å². The molecule has 0 radical (unpaired) electrons. The molecule has 0 spiro atoms. The standard InChI is InChI=1S/C14H9BrCl2N2OS/c15-10-6-8(16)2-3-9(10)14(20)19-12-4-1-7(13(18)21)5-11(12)17/h1-6H,(H2,18,21)(H,19,20). The zero-order valence-corrected chi connectivity index (χ0v) is 14.4. The maximum absolute atomic E-state index is 12.2. The lowest BCUT2D eigenvalue weighted by atomic mass is 10.2. The second kappa shape index (κ2) is 6.75. The number of hydrogen-bond donors (Lipinski definition) is 2. The molecule has 0 fully saturated rings. The Hall–Kier alpha value is -1.14. The van der Waals surface area contributed by atoms with Gasteiger partial charge in [-0.05, 0) is 52.3 Å². The number of rotatable bonds is 3. The SMILES string of the molecule is NC(=S)c1ccc(NC(=O)c2ccc(Cl)cc2Br)c(Cl)c1. The van der Waals surface area contributed by atoms with Gasteiger partial charge in [-0.15, -0.1) is 0 Å². The van der Waals surface area contributed by atoms with E-state index < -0.39 is 0 Å². The predicted octanol–water partition coefficient (Wildman–Crippen LogP) is 4.64. The maximum Gasteiger partial charge on any atom is 0.256 e.